The second-order valence-electron chi connectivity index (χ2n) is 7.25. The zero-order valence-electron chi connectivity index (χ0n) is 16.2. The summed E-state index contributed by atoms with van der Waals surface area (Å²) in [5.74, 6) is -0.233. The van der Waals surface area contributed by atoms with Gasteiger partial charge in [0.25, 0.3) is 0 Å². The van der Waals surface area contributed by atoms with Crippen LogP contribution in [-0.2, 0) is 9.47 Å². The first-order chi connectivity index (χ1) is 12.3. The summed E-state index contributed by atoms with van der Waals surface area (Å²) in [5, 5.41) is 9.72. The Kier molecular flexibility index (Phi) is 7.03. The Morgan fingerprint density at radius 3 is 2.54 bits per heavy atom. The molecule has 0 bridgehead atoms. The normalized spacial score (nSPS) is 25.1. The first kappa shape index (κ1) is 20.7. The molecule has 6 nitrogen and oxygen atoms in total. The third-order valence-corrected chi connectivity index (χ3v) is 4.61. The van der Waals surface area contributed by atoms with E-state index in [4.69, 9.17) is 18.9 Å². The molecule has 0 radical (unpaired) electrons. The van der Waals surface area contributed by atoms with Crippen LogP contribution < -0.4 is 9.47 Å². The van der Waals surface area contributed by atoms with Crippen molar-refractivity contribution in [3.8, 4) is 11.5 Å². The van der Waals surface area contributed by atoms with Crippen LogP contribution in [0.5, 0.6) is 11.5 Å². The van der Waals surface area contributed by atoms with Crippen LogP contribution in [0.1, 0.15) is 50.9 Å². The van der Waals surface area contributed by atoms with Gasteiger partial charge in [0, 0.05) is 5.56 Å². The van der Waals surface area contributed by atoms with E-state index in [-0.39, 0.29) is 17.9 Å². The van der Waals surface area contributed by atoms with Crippen molar-refractivity contribution in [3.05, 3.63) is 23.8 Å². The minimum absolute atomic E-state index is 0.0856. The zero-order valence-corrected chi connectivity index (χ0v) is 16.2. The van der Waals surface area contributed by atoms with Gasteiger partial charge >= 0.3 is 5.97 Å². The number of hydrogen-bond donors (Lipinski definition) is 1. The fourth-order valence-corrected chi connectivity index (χ4v) is 3.24. The molecule has 1 aliphatic rings. The lowest BCUT2D eigenvalue weighted by atomic mass is 9.87. The lowest BCUT2D eigenvalue weighted by molar-refractivity contribution is -0.331. The molecular formula is C20H30O6. The highest BCUT2D eigenvalue weighted by atomic mass is 16.9. The van der Waals surface area contributed by atoms with Gasteiger partial charge in [-0.05, 0) is 50.8 Å². The Hall–Kier alpha value is -1.63. The number of aldehydes is 1. The highest BCUT2D eigenvalue weighted by molar-refractivity contribution is 5.76. The Labute approximate surface area is 155 Å². The lowest BCUT2D eigenvalue weighted by Crippen LogP contribution is -2.48. The van der Waals surface area contributed by atoms with Gasteiger partial charge in [0.15, 0.2) is 11.5 Å². The van der Waals surface area contributed by atoms with E-state index in [2.05, 4.69) is 13.8 Å². The zero-order chi connectivity index (χ0) is 19.3. The third kappa shape index (κ3) is 4.75. The highest BCUT2D eigenvalue weighted by Gasteiger charge is 2.51. The van der Waals surface area contributed by atoms with Gasteiger partial charge in [0.1, 0.15) is 6.29 Å². The smallest absolute Gasteiger partial charge is 0.330 e. The van der Waals surface area contributed by atoms with E-state index in [0.717, 1.165) is 6.29 Å². The predicted octanol–water partition coefficient (Wildman–Crippen LogP) is 3.41. The van der Waals surface area contributed by atoms with Crippen LogP contribution in [0.4, 0.5) is 0 Å². The fourth-order valence-electron chi connectivity index (χ4n) is 3.24. The maximum atomic E-state index is 11.0. The number of benzene rings is 1. The number of hydrogen-bond acceptors (Lipinski definition) is 6. The van der Waals surface area contributed by atoms with Crippen molar-refractivity contribution in [1.82, 2.24) is 0 Å². The molecule has 1 aromatic carbocycles. The maximum absolute atomic E-state index is 11.0. The minimum atomic E-state index is -1.25. The van der Waals surface area contributed by atoms with Crippen LogP contribution in [0.3, 0.4) is 0 Å². The summed E-state index contributed by atoms with van der Waals surface area (Å²) >= 11 is 0. The van der Waals surface area contributed by atoms with Crippen LogP contribution >= 0.6 is 0 Å². The molecule has 1 aliphatic heterocycles. The molecule has 1 N–H and O–H groups in total. The molecule has 1 fully saturated rings. The van der Waals surface area contributed by atoms with Crippen molar-refractivity contribution in [2.45, 2.75) is 58.7 Å². The largest absolute Gasteiger partial charge is 0.493 e. The summed E-state index contributed by atoms with van der Waals surface area (Å²) in [6, 6.07) is 4.97. The summed E-state index contributed by atoms with van der Waals surface area (Å²) < 4.78 is 23.7. The van der Waals surface area contributed by atoms with Crippen LogP contribution in [0, 0.1) is 11.8 Å². The van der Waals surface area contributed by atoms with Gasteiger partial charge in [-0.3, -0.25) is 4.79 Å². The predicted molar refractivity (Wildman–Crippen MR) is 97.5 cm³/mol. The van der Waals surface area contributed by atoms with E-state index in [0.29, 0.717) is 36.5 Å². The molecule has 4 unspecified atom stereocenters. The molecule has 0 aromatic heterocycles. The van der Waals surface area contributed by atoms with Crippen LogP contribution in [-0.4, -0.2) is 43.3 Å². The van der Waals surface area contributed by atoms with Gasteiger partial charge in [-0.2, -0.15) is 0 Å². The number of ether oxygens (including phenoxy) is 4. The van der Waals surface area contributed by atoms with Crippen molar-refractivity contribution in [1.29, 1.82) is 0 Å². The Bertz CT molecular complexity index is 600. The van der Waals surface area contributed by atoms with Gasteiger partial charge in [-0.1, -0.05) is 13.8 Å². The van der Waals surface area contributed by atoms with Crippen molar-refractivity contribution in [2.75, 3.05) is 13.7 Å². The summed E-state index contributed by atoms with van der Waals surface area (Å²) in [5.41, 5.74) is 0.499. The second kappa shape index (κ2) is 8.84. The first-order valence-corrected chi connectivity index (χ1v) is 9.13. The van der Waals surface area contributed by atoms with Crippen molar-refractivity contribution in [2.24, 2.45) is 11.8 Å². The first-order valence-electron chi connectivity index (χ1n) is 9.13. The molecule has 4 atom stereocenters. The number of aliphatic hydroxyl groups is 1. The Morgan fingerprint density at radius 2 is 2.04 bits per heavy atom. The second-order valence-corrected chi connectivity index (χ2v) is 7.25. The van der Waals surface area contributed by atoms with E-state index in [1.165, 1.54) is 7.11 Å². The van der Waals surface area contributed by atoms with E-state index < -0.39 is 12.1 Å². The highest BCUT2D eigenvalue weighted by Crippen LogP contribution is 2.42. The molecule has 1 saturated heterocycles. The summed E-state index contributed by atoms with van der Waals surface area (Å²) in [7, 11) is 1.52. The van der Waals surface area contributed by atoms with Crippen molar-refractivity contribution >= 4 is 6.29 Å². The Morgan fingerprint density at radius 1 is 1.31 bits per heavy atom. The number of methoxy groups -OCH3 is 1. The third-order valence-electron chi connectivity index (χ3n) is 4.61. The van der Waals surface area contributed by atoms with Crippen LogP contribution in [0.25, 0.3) is 0 Å². The van der Waals surface area contributed by atoms with Crippen molar-refractivity contribution in [3.63, 3.8) is 0 Å². The summed E-state index contributed by atoms with van der Waals surface area (Å²) in [4.78, 5) is 11.0. The van der Waals surface area contributed by atoms with Crippen molar-refractivity contribution < 1.29 is 28.8 Å². The number of carbonyl (C=O) groups is 1. The van der Waals surface area contributed by atoms with Gasteiger partial charge < -0.3 is 24.1 Å². The number of rotatable bonds is 9. The van der Waals surface area contributed by atoms with Crippen LogP contribution in [0.15, 0.2) is 18.2 Å². The topological polar surface area (TPSA) is 74.2 Å². The SMILES string of the molecule is COc1cc(C=O)ccc1OC1(C(CCC(C)O)C(C)C)OCC(C)O1. The molecule has 0 aliphatic carbocycles. The quantitative estimate of drug-likeness (QED) is 0.675. The van der Waals surface area contributed by atoms with Gasteiger partial charge in [0.05, 0.1) is 31.8 Å². The maximum Gasteiger partial charge on any atom is 0.330 e. The standard InChI is InChI=1S/C20H30O6/c1-13(2)17(8-6-14(3)22)20(24-12-15(4)25-20)26-18-9-7-16(11-21)10-19(18)23-5/h7,9-11,13-15,17,22H,6,8,12H2,1-5H3. The van der Waals surface area contributed by atoms with E-state index in [1.54, 1.807) is 25.1 Å². The molecule has 0 amide bonds. The molecule has 1 aromatic rings. The summed E-state index contributed by atoms with van der Waals surface area (Å²) in [6.07, 6.45) is 1.55. The van der Waals surface area contributed by atoms with Gasteiger partial charge in [-0.25, -0.2) is 0 Å². The Balaban J connectivity index is 2.35. The molecule has 0 spiro atoms. The average molecular weight is 366 g/mol. The molecule has 2 rings (SSSR count). The molecule has 0 saturated carbocycles. The van der Waals surface area contributed by atoms with Crippen LogP contribution in [0.2, 0.25) is 0 Å². The molecule has 6 heteroatoms. The fraction of sp³-hybridized carbons (Fsp3) is 0.650. The van der Waals surface area contributed by atoms with E-state index >= 15 is 0 Å². The lowest BCUT2D eigenvalue weighted by Gasteiger charge is -2.38. The molecular weight excluding hydrogens is 336 g/mol. The summed E-state index contributed by atoms with van der Waals surface area (Å²) in [6.45, 7) is 8.29. The van der Waals surface area contributed by atoms with E-state index in [9.17, 15) is 9.90 Å². The van der Waals surface area contributed by atoms with Gasteiger partial charge in [-0.15, -0.1) is 0 Å². The molecule has 1 heterocycles. The monoisotopic (exact) mass is 366 g/mol. The minimum Gasteiger partial charge on any atom is -0.493 e. The molecule has 26 heavy (non-hydrogen) atoms. The number of aliphatic hydroxyl groups excluding tert-OH is 1. The average Bonchev–Trinajstić information content (AvgIpc) is 2.96. The number of carbonyl (C=O) groups excluding carboxylic acids is 1. The van der Waals surface area contributed by atoms with Gasteiger partial charge in [0.2, 0.25) is 0 Å². The molecule has 146 valence electrons. The van der Waals surface area contributed by atoms with E-state index in [1.807, 2.05) is 6.92 Å².